The van der Waals surface area contributed by atoms with Crippen molar-refractivity contribution >= 4 is 0 Å². The molecule has 1 aromatic rings. The molecule has 1 aromatic heterocycles. The SMILES string of the molecule is CN1CCCC2CN(CC3Cc4nc[nH]c4CN3)CCC21. The predicted octanol–water partition coefficient (Wildman–Crippen LogP) is 0.840. The van der Waals surface area contributed by atoms with Gasteiger partial charge in [0.25, 0.3) is 0 Å². The maximum Gasteiger partial charge on any atom is 0.0925 e. The van der Waals surface area contributed by atoms with Crippen LogP contribution in [0, 0.1) is 5.92 Å². The Balaban J connectivity index is 1.34. The van der Waals surface area contributed by atoms with Crippen LogP contribution >= 0.6 is 0 Å². The van der Waals surface area contributed by atoms with Crippen molar-refractivity contribution < 1.29 is 0 Å². The van der Waals surface area contributed by atoms with E-state index in [-0.39, 0.29) is 0 Å². The third kappa shape index (κ3) is 2.74. The van der Waals surface area contributed by atoms with E-state index in [9.17, 15) is 0 Å². The van der Waals surface area contributed by atoms with Gasteiger partial charge in [-0.1, -0.05) is 0 Å². The van der Waals surface area contributed by atoms with Gasteiger partial charge in [0.1, 0.15) is 0 Å². The molecule has 2 fully saturated rings. The molecule has 0 aromatic carbocycles. The fourth-order valence-electron chi connectivity index (χ4n) is 4.56. The van der Waals surface area contributed by atoms with Crippen molar-refractivity contribution in [2.24, 2.45) is 5.92 Å². The monoisotopic (exact) mass is 289 g/mol. The van der Waals surface area contributed by atoms with E-state index in [0.29, 0.717) is 6.04 Å². The Bertz CT molecular complexity index is 485. The zero-order chi connectivity index (χ0) is 14.2. The number of piperidine rings is 2. The minimum absolute atomic E-state index is 0.568. The van der Waals surface area contributed by atoms with Crippen molar-refractivity contribution in [1.29, 1.82) is 0 Å². The highest BCUT2D eigenvalue weighted by atomic mass is 15.2. The highest BCUT2D eigenvalue weighted by molar-refractivity contribution is 5.16. The van der Waals surface area contributed by atoms with Crippen molar-refractivity contribution in [3.8, 4) is 0 Å². The third-order valence-electron chi connectivity index (χ3n) is 5.72. The lowest BCUT2D eigenvalue weighted by atomic mass is 9.84. The molecule has 3 aliphatic heterocycles. The van der Waals surface area contributed by atoms with Gasteiger partial charge in [-0.15, -0.1) is 0 Å². The molecule has 4 rings (SSSR count). The maximum absolute atomic E-state index is 4.45. The molecule has 0 radical (unpaired) electrons. The van der Waals surface area contributed by atoms with E-state index in [1.54, 1.807) is 0 Å². The normalized spacial score (nSPS) is 34.4. The Morgan fingerprint density at radius 1 is 1.33 bits per heavy atom. The highest BCUT2D eigenvalue weighted by Gasteiger charge is 2.35. The number of H-pyrrole nitrogens is 1. The summed E-state index contributed by atoms with van der Waals surface area (Å²) in [5.41, 5.74) is 2.55. The van der Waals surface area contributed by atoms with Gasteiger partial charge in [0.2, 0.25) is 0 Å². The maximum atomic E-state index is 4.45. The molecule has 4 heterocycles. The lowest BCUT2D eigenvalue weighted by Gasteiger charge is -2.46. The number of aromatic amines is 1. The van der Waals surface area contributed by atoms with Crippen LogP contribution in [0.1, 0.15) is 30.7 Å². The van der Waals surface area contributed by atoms with Gasteiger partial charge in [0.05, 0.1) is 17.7 Å². The van der Waals surface area contributed by atoms with Gasteiger partial charge in [0.15, 0.2) is 0 Å². The number of aromatic nitrogens is 2. The Labute approximate surface area is 127 Å². The van der Waals surface area contributed by atoms with Crippen LogP contribution in [0.25, 0.3) is 0 Å². The van der Waals surface area contributed by atoms with E-state index in [4.69, 9.17) is 0 Å². The van der Waals surface area contributed by atoms with Crippen LogP contribution in [0.15, 0.2) is 6.33 Å². The number of nitrogens with zero attached hydrogens (tertiary/aromatic N) is 3. The van der Waals surface area contributed by atoms with Crippen molar-refractivity contribution in [3.05, 3.63) is 17.7 Å². The van der Waals surface area contributed by atoms with Crippen LogP contribution in [0.4, 0.5) is 0 Å². The standard InChI is InChI=1S/C16H27N5/c1-20-5-2-3-12-9-21(6-4-16(12)20)10-13-7-14-15(8-17-13)19-11-18-14/h11-13,16-17H,2-10H2,1H3,(H,18,19). The number of rotatable bonds is 2. The third-order valence-corrected chi connectivity index (χ3v) is 5.72. The average Bonchev–Trinajstić information content (AvgIpc) is 2.95. The number of hydrogen-bond acceptors (Lipinski definition) is 4. The number of likely N-dealkylation sites (tertiary alicyclic amines) is 2. The Morgan fingerprint density at radius 2 is 2.29 bits per heavy atom. The summed E-state index contributed by atoms with van der Waals surface area (Å²) in [7, 11) is 2.31. The van der Waals surface area contributed by atoms with Gasteiger partial charge in [-0.05, 0) is 45.3 Å². The summed E-state index contributed by atoms with van der Waals surface area (Å²) in [6.07, 6.45) is 7.06. The molecule has 0 amide bonds. The summed E-state index contributed by atoms with van der Waals surface area (Å²) < 4.78 is 0. The number of nitrogens with one attached hydrogen (secondary N) is 2. The second kappa shape index (κ2) is 5.71. The van der Waals surface area contributed by atoms with Crippen LogP contribution in [0.3, 0.4) is 0 Å². The van der Waals surface area contributed by atoms with Crippen LogP contribution in [-0.4, -0.2) is 65.1 Å². The van der Waals surface area contributed by atoms with Crippen molar-refractivity contribution in [1.82, 2.24) is 25.1 Å². The fraction of sp³-hybridized carbons (Fsp3) is 0.812. The molecule has 2 saturated heterocycles. The zero-order valence-electron chi connectivity index (χ0n) is 13.0. The van der Waals surface area contributed by atoms with Crippen LogP contribution in [-0.2, 0) is 13.0 Å². The molecule has 5 heteroatoms. The van der Waals surface area contributed by atoms with Gasteiger partial charge >= 0.3 is 0 Å². The van der Waals surface area contributed by atoms with Gasteiger partial charge in [-0.3, -0.25) is 0 Å². The predicted molar refractivity (Wildman–Crippen MR) is 83.1 cm³/mol. The van der Waals surface area contributed by atoms with E-state index in [2.05, 4.69) is 32.1 Å². The summed E-state index contributed by atoms with van der Waals surface area (Å²) in [6.45, 7) is 5.98. The smallest absolute Gasteiger partial charge is 0.0925 e. The van der Waals surface area contributed by atoms with E-state index < -0.39 is 0 Å². The average molecular weight is 289 g/mol. The number of imidazole rings is 1. The molecule has 0 spiro atoms. The van der Waals surface area contributed by atoms with E-state index in [1.807, 2.05) is 6.33 Å². The lowest BCUT2D eigenvalue weighted by molar-refractivity contribution is 0.0345. The second-order valence-electron chi connectivity index (χ2n) is 7.11. The first-order chi connectivity index (χ1) is 10.3. The molecule has 3 aliphatic rings. The minimum atomic E-state index is 0.568. The summed E-state index contributed by atoms with van der Waals surface area (Å²) >= 11 is 0. The summed E-state index contributed by atoms with van der Waals surface area (Å²) in [4.78, 5) is 13.0. The summed E-state index contributed by atoms with van der Waals surface area (Å²) in [5.74, 6) is 0.891. The largest absolute Gasteiger partial charge is 0.347 e. The highest BCUT2D eigenvalue weighted by Crippen LogP contribution is 2.29. The van der Waals surface area contributed by atoms with E-state index in [1.165, 1.54) is 56.8 Å². The molecule has 3 unspecified atom stereocenters. The Morgan fingerprint density at radius 3 is 3.24 bits per heavy atom. The molecular formula is C16H27N5. The molecule has 0 aliphatic carbocycles. The summed E-state index contributed by atoms with van der Waals surface area (Å²) in [6, 6.07) is 1.41. The Kier molecular flexibility index (Phi) is 3.73. The first-order valence-corrected chi connectivity index (χ1v) is 8.46. The topological polar surface area (TPSA) is 47.2 Å². The zero-order valence-corrected chi connectivity index (χ0v) is 13.0. The molecule has 0 saturated carbocycles. The molecule has 21 heavy (non-hydrogen) atoms. The lowest BCUT2D eigenvalue weighted by Crippen LogP contribution is -2.55. The van der Waals surface area contributed by atoms with Crippen LogP contribution in [0.5, 0.6) is 0 Å². The Hall–Kier alpha value is -0.910. The van der Waals surface area contributed by atoms with Gasteiger partial charge in [0, 0.05) is 38.1 Å². The van der Waals surface area contributed by atoms with E-state index >= 15 is 0 Å². The number of fused-ring (bicyclic) bond motifs is 2. The molecule has 0 bridgehead atoms. The second-order valence-corrected chi connectivity index (χ2v) is 7.11. The molecule has 3 atom stereocenters. The minimum Gasteiger partial charge on any atom is -0.347 e. The molecule has 5 nitrogen and oxygen atoms in total. The van der Waals surface area contributed by atoms with Crippen molar-refractivity contribution in [3.63, 3.8) is 0 Å². The fourth-order valence-corrected chi connectivity index (χ4v) is 4.56. The van der Waals surface area contributed by atoms with Crippen LogP contribution < -0.4 is 5.32 Å². The van der Waals surface area contributed by atoms with Crippen LogP contribution in [0.2, 0.25) is 0 Å². The van der Waals surface area contributed by atoms with Gasteiger partial charge in [-0.2, -0.15) is 0 Å². The van der Waals surface area contributed by atoms with Gasteiger partial charge in [-0.25, -0.2) is 4.98 Å². The quantitative estimate of drug-likeness (QED) is 0.847. The molecule has 2 N–H and O–H groups in total. The first-order valence-electron chi connectivity index (χ1n) is 8.46. The van der Waals surface area contributed by atoms with Gasteiger partial charge < -0.3 is 20.1 Å². The van der Waals surface area contributed by atoms with Crippen molar-refractivity contribution in [2.75, 3.05) is 33.2 Å². The van der Waals surface area contributed by atoms with Crippen molar-refractivity contribution in [2.45, 2.75) is 44.3 Å². The molecular weight excluding hydrogens is 262 g/mol. The summed E-state index contributed by atoms with van der Waals surface area (Å²) in [5, 5.41) is 3.67. The number of hydrogen-bond donors (Lipinski definition) is 2. The van der Waals surface area contributed by atoms with E-state index in [0.717, 1.165) is 24.9 Å². The molecule has 116 valence electrons. The first kappa shape index (κ1) is 13.7.